The molecule has 0 fully saturated rings. The fraction of sp³-hybridized carbons (Fsp3) is 0.258. The molecule has 0 unspecified atom stereocenters. The van der Waals surface area contributed by atoms with Crippen molar-refractivity contribution < 1.29 is 86.6 Å². The van der Waals surface area contributed by atoms with Crippen LogP contribution in [0.1, 0.15) is 23.2 Å². The fourth-order valence-corrected chi connectivity index (χ4v) is 9.73. The van der Waals surface area contributed by atoms with Crippen molar-refractivity contribution in [1.82, 2.24) is 0 Å². The van der Waals surface area contributed by atoms with Crippen LogP contribution in [0, 0.1) is 0 Å². The van der Waals surface area contributed by atoms with Gasteiger partial charge in [-0.05, 0) is 73.5 Å². The predicted octanol–water partition coefficient (Wildman–Crippen LogP) is 3.45. The number of benzene rings is 3. The number of nitrogens with two attached hydrogens (primary N) is 2. The molecule has 0 bridgehead atoms. The number of hydrogen-bond acceptors (Lipinski definition) is 24. The number of hydrogen-bond donors (Lipinski definition) is 6. The number of carboxylic acids is 1. The van der Waals surface area contributed by atoms with E-state index in [-0.39, 0.29) is 44.6 Å². The zero-order chi connectivity index (χ0) is 48.6. The summed E-state index contributed by atoms with van der Waals surface area (Å²) in [7, 11) is -27.1. The van der Waals surface area contributed by atoms with Crippen LogP contribution in [0.5, 0.6) is 0 Å². The van der Waals surface area contributed by atoms with Gasteiger partial charge in [0.1, 0.15) is 22.6 Å². The molecule has 0 spiro atoms. The van der Waals surface area contributed by atoms with E-state index in [0.29, 0.717) is 0 Å². The second-order valence-corrected chi connectivity index (χ2v) is 22.3. The third-order valence-corrected chi connectivity index (χ3v) is 14.8. The molecule has 34 heteroatoms. The lowest BCUT2D eigenvalue weighted by Gasteiger charge is -2.14. The Kier molecular flexibility index (Phi) is 16.6. The van der Waals surface area contributed by atoms with E-state index >= 15 is 0 Å². The molecular formula is C31H34N8O20S6. The second-order valence-electron chi connectivity index (χ2n) is 12.6. The third kappa shape index (κ3) is 15.6. The summed E-state index contributed by atoms with van der Waals surface area (Å²) in [5.41, 5.74) is 8.97. The molecule has 3 aromatic rings. The van der Waals surface area contributed by atoms with Crippen LogP contribution in [-0.2, 0) is 73.3 Å². The van der Waals surface area contributed by atoms with Crippen molar-refractivity contribution >= 4 is 106 Å². The Morgan fingerprint density at radius 1 is 0.508 bits per heavy atom. The molecule has 0 atom stereocenters. The maximum Gasteiger partial charge on any atom is 0.397 e. The van der Waals surface area contributed by atoms with Gasteiger partial charge in [-0.25, -0.2) is 42.6 Å². The summed E-state index contributed by atoms with van der Waals surface area (Å²) in [6.45, 7) is -2.68. The Morgan fingerprint density at radius 3 is 1.23 bits per heavy atom. The SMILES string of the molecule is Nc1c(N=Nc2ccc(S(=O)(=O)CCOS(=O)(=O)O)cc2)c(N)c(N=Nc2ccc(S(=O)(=O)CCOS(=O)(=O)O)cc2)c(C(=O)O)c1N=NC1=CC=C(S(=O)(=O)CCOS(=O)(=O)O)CC1. The van der Waals surface area contributed by atoms with Crippen LogP contribution in [0.3, 0.4) is 0 Å². The first-order valence-corrected chi connectivity index (χ1v) is 26.4. The van der Waals surface area contributed by atoms with Crippen LogP contribution in [0.25, 0.3) is 0 Å². The van der Waals surface area contributed by atoms with E-state index in [4.69, 9.17) is 25.1 Å². The van der Waals surface area contributed by atoms with Crippen LogP contribution in [0.4, 0.5) is 39.8 Å². The molecule has 28 nitrogen and oxygen atoms in total. The van der Waals surface area contributed by atoms with Crippen molar-refractivity contribution in [3.8, 4) is 0 Å². The number of sulfone groups is 3. The number of carboxylic acid groups (broad SMARTS) is 1. The van der Waals surface area contributed by atoms with Crippen molar-refractivity contribution in [2.45, 2.75) is 22.6 Å². The standard InChI is InChI=1S/C31H34N8O20S6/c32-26-28(37-34-19-1-7-22(8-2-19)60(42,43)16-13-57-63(48,49)50)25(31(40)41)29(38-35-20-3-9-23(10-4-20)61(44,45)17-14-58-64(51,52)53)27(33)30(26)39-36-21-5-11-24(12-6-21)62(46,47)18-15-59-65(54,55)56/h1-3,5-9,11-12H,4,10,13-18,32-33H2,(H,40,41)(H,48,49,50)(H,51,52,53)(H,54,55,56). The maximum atomic E-state index is 12.8. The minimum absolute atomic E-state index is 0.0420. The Bertz CT molecular complexity index is 3170. The van der Waals surface area contributed by atoms with E-state index in [1.165, 1.54) is 6.08 Å². The molecule has 3 aromatic carbocycles. The molecule has 4 rings (SSSR count). The summed E-state index contributed by atoms with van der Waals surface area (Å²) in [4.78, 5) is 12.0. The maximum absolute atomic E-state index is 12.8. The predicted molar refractivity (Wildman–Crippen MR) is 224 cm³/mol. The molecular weight excluding hydrogens is 997 g/mol. The quantitative estimate of drug-likeness (QED) is 0.0477. The molecule has 0 saturated heterocycles. The van der Waals surface area contributed by atoms with Crippen LogP contribution >= 0.6 is 0 Å². The lowest BCUT2D eigenvalue weighted by Crippen LogP contribution is -2.17. The molecule has 0 aliphatic heterocycles. The van der Waals surface area contributed by atoms with Gasteiger partial charge in [-0.2, -0.15) is 40.6 Å². The zero-order valence-electron chi connectivity index (χ0n) is 32.5. The molecule has 0 radical (unpaired) electrons. The largest absolute Gasteiger partial charge is 0.478 e. The Labute approximate surface area is 370 Å². The molecule has 0 amide bonds. The summed E-state index contributed by atoms with van der Waals surface area (Å²) >= 11 is 0. The fourth-order valence-electron chi connectivity index (χ4n) is 5.10. The monoisotopic (exact) mass is 1030 g/mol. The summed E-state index contributed by atoms with van der Waals surface area (Å²) in [6, 6.07) is 8.78. The second kappa shape index (κ2) is 20.8. The lowest BCUT2D eigenvalue weighted by atomic mass is 10.1. The average molecular weight is 1030 g/mol. The van der Waals surface area contributed by atoms with Gasteiger partial charge in [0, 0.05) is 4.91 Å². The highest BCUT2D eigenvalue weighted by Crippen LogP contribution is 2.49. The summed E-state index contributed by atoms with van der Waals surface area (Å²) in [5.74, 6) is -4.24. The number of nitrogen functional groups attached to an aromatic ring is 2. The number of aromatic carboxylic acids is 1. The minimum Gasteiger partial charge on any atom is -0.478 e. The van der Waals surface area contributed by atoms with Gasteiger partial charge in [0.05, 0.1) is 75.3 Å². The van der Waals surface area contributed by atoms with Crippen molar-refractivity contribution in [2.24, 2.45) is 30.7 Å². The van der Waals surface area contributed by atoms with Crippen molar-refractivity contribution in [3.63, 3.8) is 0 Å². The molecule has 0 aromatic heterocycles. The van der Waals surface area contributed by atoms with E-state index < -0.39 is 138 Å². The van der Waals surface area contributed by atoms with Crippen LogP contribution < -0.4 is 11.5 Å². The van der Waals surface area contributed by atoms with Gasteiger partial charge in [-0.3, -0.25) is 13.7 Å². The van der Waals surface area contributed by atoms with Gasteiger partial charge in [-0.1, -0.05) is 0 Å². The highest BCUT2D eigenvalue weighted by molar-refractivity contribution is 7.95. The number of nitrogens with zero attached hydrogens (tertiary/aromatic N) is 6. The minimum atomic E-state index is -4.91. The Morgan fingerprint density at radius 2 is 0.877 bits per heavy atom. The lowest BCUT2D eigenvalue weighted by molar-refractivity contribution is 0.0698. The topological polar surface area (TPSA) is 457 Å². The first kappa shape index (κ1) is 52.1. The van der Waals surface area contributed by atoms with Crippen molar-refractivity contribution in [1.29, 1.82) is 0 Å². The highest BCUT2D eigenvalue weighted by atomic mass is 32.3. The molecule has 8 N–H and O–H groups in total. The van der Waals surface area contributed by atoms with Crippen LogP contribution in [0.2, 0.25) is 0 Å². The summed E-state index contributed by atoms with van der Waals surface area (Å²) in [5, 5.41) is 34.2. The van der Waals surface area contributed by atoms with Gasteiger partial charge in [0.25, 0.3) is 0 Å². The number of azo groups is 3. The van der Waals surface area contributed by atoms with E-state index in [1.807, 2.05) is 0 Å². The molecule has 0 saturated carbocycles. The first-order chi connectivity index (χ1) is 30.0. The average Bonchev–Trinajstić information content (AvgIpc) is 3.18. The summed E-state index contributed by atoms with van der Waals surface area (Å²) in [6.07, 6.45) is 2.04. The molecule has 0 heterocycles. The molecule has 354 valence electrons. The Hall–Kier alpha value is -5.53. The smallest absolute Gasteiger partial charge is 0.397 e. The van der Waals surface area contributed by atoms with Crippen molar-refractivity contribution in [2.75, 3.05) is 48.5 Å². The molecule has 65 heavy (non-hydrogen) atoms. The molecule has 1 aliphatic rings. The van der Waals surface area contributed by atoms with Gasteiger partial charge in [0.2, 0.25) is 0 Å². The number of carbonyl (C=O) groups is 1. The number of allylic oxidation sites excluding steroid dienone is 4. The number of anilines is 2. The number of rotatable bonds is 22. The third-order valence-electron chi connectivity index (χ3n) is 8.15. The van der Waals surface area contributed by atoms with Gasteiger partial charge >= 0.3 is 37.2 Å². The highest BCUT2D eigenvalue weighted by Gasteiger charge is 2.28. The van der Waals surface area contributed by atoms with E-state index in [0.717, 1.165) is 54.6 Å². The van der Waals surface area contributed by atoms with Crippen molar-refractivity contribution in [3.05, 3.63) is 76.8 Å². The Balaban J connectivity index is 1.76. The first-order valence-electron chi connectivity index (χ1n) is 17.3. The van der Waals surface area contributed by atoms with Crippen LogP contribution in [0.15, 0.2) is 112 Å². The van der Waals surface area contributed by atoms with Gasteiger partial charge in [-0.15, -0.1) is 15.3 Å². The zero-order valence-corrected chi connectivity index (χ0v) is 37.4. The normalized spacial score (nSPS) is 14.6. The van der Waals surface area contributed by atoms with Crippen LogP contribution in [-0.4, -0.2) is 112 Å². The van der Waals surface area contributed by atoms with Gasteiger partial charge < -0.3 is 16.6 Å². The van der Waals surface area contributed by atoms with Gasteiger partial charge in [0.15, 0.2) is 29.5 Å². The summed E-state index contributed by atoms with van der Waals surface area (Å²) < 4.78 is 179. The van der Waals surface area contributed by atoms with E-state index in [9.17, 15) is 60.4 Å². The molecule has 1 aliphatic carbocycles. The van der Waals surface area contributed by atoms with E-state index in [1.54, 1.807) is 0 Å². The van der Waals surface area contributed by atoms with E-state index in [2.05, 4.69) is 43.2 Å².